The van der Waals surface area contributed by atoms with Gasteiger partial charge in [0.2, 0.25) is 11.8 Å². The Labute approximate surface area is 151 Å². The third-order valence-corrected chi connectivity index (χ3v) is 5.21. The first-order chi connectivity index (χ1) is 12.1. The van der Waals surface area contributed by atoms with E-state index in [1.165, 1.54) is 0 Å². The first kappa shape index (κ1) is 17.4. The van der Waals surface area contributed by atoms with Crippen LogP contribution in [0.25, 0.3) is 0 Å². The van der Waals surface area contributed by atoms with Gasteiger partial charge < -0.3 is 10.1 Å². The van der Waals surface area contributed by atoms with Gasteiger partial charge in [0.15, 0.2) is 0 Å². The van der Waals surface area contributed by atoms with Gasteiger partial charge >= 0.3 is 0 Å². The molecule has 0 unspecified atom stereocenters. The van der Waals surface area contributed by atoms with E-state index in [1.54, 1.807) is 23.8 Å². The number of amides is 2. The van der Waals surface area contributed by atoms with E-state index in [-0.39, 0.29) is 17.2 Å². The second-order valence-corrected chi connectivity index (χ2v) is 6.72. The van der Waals surface area contributed by atoms with Crippen LogP contribution in [0.3, 0.4) is 0 Å². The fourth-order valence-corrected chi connectivity index (χ4v) is 3.88. The number of thioether (sulfide) groups is 1. The molecule has 2 aromatic carbocycles. The molecule has 3 rings (SSSR count). The van der Waals surface area contributed by atoms with E-state index in [1.807, 2.05) is 55.5 Å². The lowest BCUT2D eigenvalue weighted by Crippen LogP contribution is -2.27. The number of rotatable bonds is 5. The molecule has 1 N–H and O–H groups in total. The maximum Gasteiger partial charge on any atom is 0.238 e. The third-order valence-electron chi connectivity index (χ3n) is 4.00. The second-order valence-electron chi connectivity index (χ2n) is 5.65. The van der Waals surface area contributed by atoms with Crippen LogP contribution in [0.15, 0.2) is 48.5 Å². The molecule has 1 heterocycles. The highest BCUT2D eigenvalue weighted by molar-refractivity contribution is 8.00. The van der Waals surface area contributed by atoms with Crippen molar-refractivity contribution in [3.63, 3.8) is 0 Å². The molecule has 1 atom stereocenters. The number of anilines is 2. The van der Waals surface area contributed by atoms with Gasteiger partial charge in [0.05, 0.1) is 12.9 Å². The molecule has 0 aliphatic carbocycles. The van der Waals surface area contributed by atoms with Gasteiger partial charge in [0.25, 0.3) is 0 Å². The van der Waals surface area contributed by atoms with Gasteiger partial charge in [-0.15, -0.1) is 11.8 Å². The fraction of sp³-hybridized carbons (Fsp3) is 0.263. The summed E-state index contributed by atoms with van der Waals surface area (Å²) in [5.41, 5.74) is 2.57. The number of carbonyl (C=O) groups is 2. The number of methoxy groups -OCH3 is 1. The summed E-state index contributed by atoms with van der Waals surface area (Å²) in [6.45, 7) is 1.82. The third kappa shape index (κ3) is 3.79. The van der Waals surface area contributed by atoms with Crippen molar-refractivity contribution in [1.82, 2.24) is 0 Å². The predicted molar refractivity (Wildman–Crippen MR) is 101 cm³/mol. The Morgan fingerprint density at radius 1 is 1.28 bits per heavy atom. The van der Waals surface area contributed by atoms with Gasteiger partial charge in [-0.25, -0.2) is 0 Å². The van der Waals surface area contributed by atoms with E-state index in [4.69, 9.17) is 4.74 Å². The Kier molecular flexibility index (Phi) is 5.28. The first-order valence-corrected chi connectivity index (χ1v) is 9.14. The molecule has 0 saturated carbocycles. The lowest BCUT2D eigenvalue weighted by atomic mass is 10.1. The Bertz CT molecular complexity index is 776. The van der Waals surface area contributed by atoms with Crippen molar-refractivity contribution in [2.24, 2.45) is 0 Å². The topological polar surface area (TPSA) is 58.6 Å². The number of ether oxygens (including phenoxy) is 1. The summed E-state index contributed by atoms with van der Waals surface area (Å²) in [7, 11) is 1.62. The molecule has 0 aromatic heterocycles. The van der Waals surface area contributed by atoms with E-state index in [2.05, 4.69) is 5.32 Å². The van der Waals surface area contributed by atoms with Gasteiger partial charge in [-0.3, -0.25) is 14.5 Å². The number of hydrogen-bond acceptors (Lipinski definition) is 4. The van der Waals surface area contributed by atoms with Crippen LogP contribution in [0.1, 0.15) is 24.3 Å². The molecule has 0 spiro atoms. The summed E-state index contributed by atoms with van der Waals surface area (Å²) >= 11 is 1.58. The molecule has 130 valence electrons. The van der Waals surface area contributed by atoms with Crippen LogP contribution in [-0.4, -0.2) is 24.7 Å². The Balaban J connectivity index is 1.88. The normalized spacial score (nSPS) is 16.8. The molecular weight excluding hydrogens is 336 g/mol. The zero-order valence-corrected chi connectivity index (χ0v) is 15.0. The van der Waals surface area contributed by atoms with E-state index < -0.39 is 0 Å². The van der Waals surface area contributed by atoms with Crippen molar-refractivity contribution in [3.8, 4) is 5.75 Å². The van der Waals surface area contributed by atoms with Crippen LogP contribution in [0.4, 0.5) is 11.4 Å². The molecule has 0 radical (unpaired) electrons. The summed E-state index contributed by atoms with van der Waals surface area (Å²) in [6, 6.07) is 15.1. The highest BCUT2D eigenvalue weighted by Crippen LogP contribution is 2.42. The van der Waals surface area contributed by atoms with Gasteiger partial charge in [0, 0.05) is 17.8 Å². The van der Waals surface area contributed by atoms with E-state index >= 15 is 0 Å². The van der Waals surface area contributed by atoms with Crippen LogP contribution in [-0.2, 0) is 9.59 Å². The van der Waals surface area contributed by atoms with Gasteiger partial charge in [-0.05, 0) is 42.0 Å². The smallest absolute Gasteiger partial charge is 0.238 e. The maximum atomic E-state index is 12.4. The van der Waals surface area contributed by atoms with Crippen LogP contribution >= 0.6 is 11.8 Å². The number of benzene rings is 2. The Morgan fingerprint density at radius 3 is 2.72 bits per heavy atom. The molecule has 1 fully saturated rings. The molecule has 1 aliphatic rings. The first-order valence-electron chi connectivity index (χ1n) is 8.10. The van der Waals surface area contributed by atoms with Crippen LogP contribution in [0, 0.1) is 0 Å². The van der Waals surface area contributed by atoms with Gasteiger partial charge in [0.1, 0.15) is 11.1 Å². The molecule has 25 heavy (non-hydrogen) atoms. The minimum absolute atomic E-state index is 0.0284. The second kappa shape index (κ2) is 7.61. The van der Waals surface area contributed by atoms with Crippen molar-refractivity contribution in [1.29, 1.82) is 0 Å². The average molecular weight is 356 g/mol. The van der Waals surface area contributed by atoms with E-state index in [0.717, 1.165) is 22.7 Å². The molecule has 1 aliphatic heterocycles. The Hall–Kier alpha value is -2.47. The molecule has 0 bridgehead atoms. The van der Waals surface area contributed by atoms with Crippen molar-refractivity contribution in [2.45, 2.75) is 18.7 Å². The van der Waals surface area contributed by atoms with Crippen LogP contribution < -0.4 is 15.0 Å². The SMILES string of the molecule is CCC(=O)Nc1cccc([C@H]2SCC(=O)N2c2ccc(OC)cc2)c1. The van der Waals surface area contributed by atoms with Gasteiger partial charge in [-0.2, -0.15) is 0 Å². The van der Waals surface area contributed by atoms with Gasteiger partial charge in [-0.1, -0.05) is 19.1 Å². The minimum atomic E-state index is -0.112. The average Bonchev–Trinajstić information content (AvgIpc) is 3.03. The maximum absolute atomic E-state index is 12.4. The minimum Gasteiger partial charge on any atom is -0.497 e. The van der Waals surface area contributed by atoms with Crippen molar-refractivity contribution < 1.29 is 14.3 Å². The summed E-state index contributed by atoms with van der Waals surface area (Å²) < 4.78 is 5.18. The summed E-state index contributed by atoms with van der Waals surface area (Å²) in [5.74, 6) is 1.23. The number of hydrogen-bond donors (Lipinski definition) is 1. The van der Waals surface area contributed by atoms with Crippen molar-refractivity contribution in [3.05, 3.63) is 54.1 Å². The molecule has 5 nitrogen and oxygen atoms in total. The standard InChI is InChI=1S/C19H20N2O3S/c1-3-17(22)20-14-6-4-5-13(11-14)19-21(18(23)12-25-19)15-7-9-16(24-2)10-8-15/h4-11,19H,3,12H2,1-2H3,(H,20,22)/t19-/m1/s1. The highest BCUT2D eigenvalue weighted by Gasteiger charge is 2.34. The monoisotopic (exact) mass is 356 g/mol. The fourth-order valence-electron chi connectivity index (χ4n) is 2.71. The molecule has 2 aromatic rings. The summed E-state index contributed by atoms with van der Waals surface area (Å²) in [5, 5.41) is 2.76. The zero-order valence-electron chi connectivity index (χ0n) is 14.2. The highest BCUT2D eigenvalue weighted by atomic mass is 32.2. The predicted octanol–water partition coefficient (Wildman–Crippen LogP) is 3.82. The van der Waals surface area contributed by atoms with Crippen molar-refractivity contribution >= 4 is 35.0 Å². The largest absolute Gasteiger partial charge is 0.497 e. The molecular formula is C19H20N2O3S. The summed E-state index contributed by atoms with van der Waals surface area (Å²) in [4.78, 5) is 25.8. The zero-order chi connectivity index (χ0) is 17.8. The van der Waals surface area contributed by atoms with Crippen LogP contribution in [0.2, 0.25) is 0 Å². The molecule has 2 amide bonds. The van der Waals surface area contributed by atoms with E-state index in [9.17, 15) is 9.59 Å². The number of nitrogens with one attached hydrogen (secondary N) is 1. The number of carbonyl (C=O) groups excluding carboxylic acids is 2. The van der Waals surface area contributed by atoms with Crippen molar-refractivity contribution in [2.75, 3.05) is 23.1 Å². The summed E-state index contributed by atoms with van der Waals surface area (Å²) in [6.07, 6.45) is 0.429. The molecule has 6 heteroatoms. The lowest BCUT2D eigenvalue weighted by molar-refractivity contribution is -0.116. The van der Waals surface area contributed by atoms with E-state index in [0.29, 0.717) is 12.2 Å². The van der Waals surface area contributed by atoms with Crippen LogP contribution in [0.5, 0.6) is 5.75 Å². The Morgan fingerprint density at radius 2 is 2.04 bits per heavy atom. The molecule has 1 saturated heterocycles. The number of nitrogens with zero attached hydrogens (tertiary/aromatic N) is 1. The quantitative estimate of drug-likeness (QED) is 0.885. The lowest BCUT2D eigenvalue weighted by Gasteiger charge is -2.25.